The number of fused-ring (bicyclic) bond motifs is 1. The summed E-state index contributed by atoms with van der Waals surface area (Å²) < 4.78 is 1.22. The number of aryl methyl sites for hydroxylation is 1. The molecule has 0 fully saturated rings. The van der Waals surface area contributed by atoms with Gasteiger partial charge in [-0.05, 0) is 19.1 Å². The third-order valence-corrected chi connectivity index (χ3v) is 2.31. The molecule has 1 aromatic carbocycles. The first-order valence-corrected chi connectivity index (χ1v) is 4.77. The summed E-state index contributed by atoms with van der Waals surface area (Å²) in [5.74, 6) is -1.04. The van der Waals surface area contributed by atoms with E-state index in [-0.39, 0.29) is 12.1 Å². The Morgan fingerprint density at radius 2 is 2.12 bits per heavy atom. The van der Waals surface area contributed by atoms with Crippen LogP contribution in [0, 0.1) is 6.92 Å². The Morgan fingerprint density at radius 1 is 1.44 bits per heavy atom. The quantitative estimate of drug-likeness (QED) is 0.808. The van der Waals surface area contributed by atoms with Gasteiger partial charge in [-0.1, -0.05) is 12.1 Å². The lowest BCUT2D eigenvalue weighted by Crippen LogP contribution is -2.27. The molecule has 1 aromatic heterocycles. The largest absolute Gasteiger partial charge is 0.480 e. The van der Waals surface area contributed by atoms with Gasteiger partial charge in [0.25, 0.3) is 5.56 Å². The summed E-state index contributed by atoms with van der Waals surface area (Å²) in [6.45, 7) is 1.23. The highest BCUT2D eigenvalue weighted by molar-refractivity contribution is 5.77. The monoisotopic (exact) mass is 218 g/mol. The van der Waals surface area contributed by atoms with Crippen molar-refractivity contribution in [2.24, 2.45) is 0 Å². The van der Waals surface area contributed by atoms with E-state index in [1.54, 1.807) is 31.2 Å². The first kappa shape index (κ1) is 10.4. The fourth-order valence-electron chi connectivity index (χ4n) is 1.61. The maximum absolute atomic E-state index is 11.8. The average Bonchev–Trinajstić information content (AvgIpc) is 2.24. The Kier molecular flexibility index (Phi) is 2.44. The van der Waals surface area contributed by atoms with Gasteiger partial charge in [0.1, 0.15) is 12.2 Å². The molecule has 0 saturated heterocycles. The average molecular weight is 218 g/mol. The zero-order chi connectivity index (χ0) is 11.7. The van der Waals surface area contributed by atoms with E-state index in [0.717, 1.165) is 0 Å². The maximum Gasteiger partial charge on any atom is 0.323 e. The molecule has 5 nitrogen and oxygen atoms in total. The standard InChI is InChI=1S/C11H10N2O3/c1-7-11(16)13(6-10(14)15)9-5-3-2-4-8(9)12-7/h2-5H,6H2,1H3,(H,14,15). The number of hydrogen-bond acceptors (Lipinski definition) is 3. The van der Waals surface area contributed by atoms with Gasteiger partial charge in [-0.3, -0.25) is 14.2 Å². The van der Waals surface area contributed by atoms with Gasteiger partial charge in [0, 0.05) is 0 Å². The summed E-state index contributed by atoms with van der Waals surface area (Å²) in [5.41, 5.74) is 1.11. The number of aliphatic carboxylic acids is 1. The van der Waals surface area contributed by atoms with Gasteiger partial charge in [-0.15, -0.1) is 0 Å². The normalized spacial score (nSPS) is 10.6. The van der Waals surface area contributed by atoms with Crippen molar-refractivity contribution >= 4 is 17.0 Å². The summed E-state index contributed by atoms with van der Waals surface area (Å²) in [6, 6.07) is 6.98. The molecule has 0 amide bonds. The van der Waals surface area contributed by atoms with Crippen molar-refractivity contribution in [3.05, 3.63) is 40.3 Å². The Morgan fingerprint density at radius 3 is 2.81 bits per heavy atom. The van der Waals surface area contributed by atoms with E-state index >= 15 is 0 Å². The molecule has 0 atom stereocenters. The van der Waals surface area contributed by atoms with Gasteiger partial charge in [0.05, 0.1) is 11.0 Å². The van der Waals surface area contributed by atoms with Crippen molar-refractivity contribution < 1.29 is 9.90 Å². The number of rotatable bonds is 2. The molecule has 0 aliphatic heterocycles. The molecule has 1 N–H and O–H groups in total. The minimum Gasteiger partial charge on any atom is -0.480 e. The highest BCUT2D eigenvalue weighted by Gasteiger charge is 2.09. The lowest BCUT2D eigenvalue weighted by atomic mass is 10.3. The second kappa shape index (κ2) is 3.77. The molecule has 1 heterocycles. The summed E-state index contributed by atoms with van der Waals surface area (Å²) in [5, 5.41) is 8.76. The van der Waals surface area contributed by atoms with Crippen LogP contribution < -0.4 is 5.56 Å². The number of benzene rings is 1. The Bertz CT molecular complexity index is 616. The van der Waals surface area contributed by atoms with E-state index in [0.29, 0.717) is 16.7 Å². The molecule has 2 aromatic rings. The minimum atomic E-state index is -1.04. The molecule has 0 radical (unpaired) electrons. The van der Waals surface area contributed by atoms with Crippen LogP contribution in [0.1, 0.15) is 5.69 Å². The number of nitrogens with zero attached hydrogens (tertiary/aromatic N) is 2. The molecule has 2 rings (SSSR count). The smallest absolute Gasteiger partial charge is 0.323 e. The number of hydrogen-bond donors (Lipinski definition) is 1. The number of carboxylic acids is 1. The Hall–Kier alpha value is -2.17. The first-order chi connectivity index (χ1) is 7.59. The van der Waals surface area contributed by atoms with Crippen molar-refractivity contribution in [1.29, 1.82) is 0 Å². The Balaban J connectivity index is 2.81. The van der Waals surface area contributed by atoms with Crippen molar-refractivity contribution in [3.63, 3.8) is 0 Å². The van der Waals surface area contributed by atoms with Crippen LogP contribution in [0.25, 0.3) is 11.0 Å². The molecule has 5 heteroatoms. The van der Waals surface area contributed by atoms with Gasteiger partial charge in [-0.2, -0.15) is 0 Å². The van der Waals surface area contributed by atoms with Crippen molar-refractivity contribution in [2.45, 2.75) is 13.5 Å². The van der Waals surface area contributed by atoms with E-state index in [9.17, 15) is 9.59 Å². The van der Waals surface area contributed by atoms with Crippen LogP contribution in [0.15, 0.2) is 29.1 Å². The molecule has 0 spiro atoms. The molecular formula is C11H10N2O3. The van der Waals surface area contributed by atoms with Crippen LogP contribution in [-0.4, -0.2) is 20.6 Å². The van der Waals surface area contributed by atoms with Gasteiger partial charge >= 0.3 is 5.97 Å². The lowest BCUT2D eigenvalue weighted by molar-refractivity contribution is -0.137. The number of carboxylic acid groups (broad SMARTS) is 1. The Labute approximate surface area is 91.0 Å². The molecular weight excluding hydrogens is 208 g/mol. The van der Waals surface area contributed by atoms with E-state index in [2.05, 4.69) is 4.98 Å². The number of carbonyl (C=O) groups is 1. The van der Waals surface area contributed by atoms with Crippen LogP contribution in [0.3, 0.4) is 0 Å². The molecule has 16 heavy (non-hydrogen) atoms. The third-order valence-electron chi connectivity index (χ3n) is 2.31. The van der Waals surface area contributed by atoms with Crippen molar-refractivity contribution in [3.8, 4) is 0 Å². The van der Waals surface area contributed by atoms with E-state index < -0.39 is 5.97 Å². The number of aromatic nitrogens is 2. The van der Waals surface area contributed by atoms with E-state index in [1.165, 1.54) is 4.57 Å². The lowest BCUT2D eigenvalue weighted by Gasteiger charge is -2.07. The summed E-state index contributed by atoms with van der Waals surface area (Å²) >= 11 is 0. The molecule has 82 valence electrons. The highest BCUT2D eigenvalue weighted by Crippen LogP contribution is 2.09. The maximum atomic E-state index is 11.8. The van der Waals surface area contributed by atoms with Crippen molar-refractivity contribution in [2.75, 3.05) is 0 Å². The predicted octanol–water partition coefficient (Wildman–Crippen LogP) is 0.790. The summed E-state index contributed by atoms with van der Waals surface area (Å²) in [7, 11) is 0. The zero-order valence-corrected chi connectivity index (χ0v) is 8.67. The topological polar surface area (TPSA) is 72.2 Å². The zero-order valence-electron chi connectivity index (χ0n) is 8.67. The summed E-state index contributed by atoms with van der Waals surface area (Å²) in [6.07, 6.45) is 0. The van der Waals surface area contributed by atoms with Gasteiger partial charge in [0.2, 0.25) is 0 Å². The fraction of sp³-hybridized carbons (Fsp3) is 0.182. The van der Waals surface area contributed by atoms with Gasteiger partial charge in [-0.25, -0.2) is 4.98 Å². The van der Waals surface area contributed by atoms with Crippen LogP contribution in [0.5, 0.6) is 0 Å². The van der Waals surface area contributed by atoms with Crippen LogP contribution in [0.2, 0.25) is 0 Å². The van der Waals surface area contributed by atoms with Crippen molar-refractivity contribution in [1.82, 2.24) is 9.55 Å². The molecule has 0 unspecified atom stereocenters. The summed E-state index contributed by atoms with van der Waals surface area (Å²) in [4.78, 5) is 26.6. The fourth-order valence-corrected chi connectivity index (χ4v) is 1.61. The third kappa shape index (κ3) is 1.67. The van der Waals surface area contributed by atoms with Crippen LogP contribution in [0.4, 0.5) is 0 Å². The SMILES string of the molecule is Cc1nc2ccccc2n(CC(=O)O)c1=O. The molecule has 0 saturated carbocycles. The van der Waals surface area contributed by atoms with Crippen LogP contribution >= 0.6 is 0 Å². The van der Waals surface area contributed by atoms with E-state index in [4.69, 9.17) is 5.11 Å². The second-order valence-electron chi connectivity index (χ2n) is 3.47. The van der Waals surface area contributed by atoms with Gasteiger partial charge < -0.3 is 5.11 Å². The molecule has 0 aliphatic carbocycles. The molecule has 0 aliphatic rings. The minimum absolute atomic E-state index is 0.306. The van der Waals surface area contributed by atoms with Gasteiger partial charge in [0.15, 0.2) is 0 Å². The number of para-hydroxylation sites is 2. The second-order valence-corrected chi connectivity index (χ2v) is 3.47. The predicted molar refractivity (Wildman–Crippen MR) is 58.4 cm³/mol. The molecule has 0 bridgehead atoms. The van der Waals surface area contributed by atoms with Crippen LogP contribution in [-0.2, 0) is 11.3 Å². The highest BCUT2D eigenvalue weighted by atomic mass is 16.4. The first-order valence-electron chi connectivity index (χ1n) is 4.77. The van der Waals surface area contributed by atoms with E-state index in [1.807, 2.05) is 0 Å².